The van der Waals surface area contributed by atoms with Crippen LogP contribution in [0.2, 0.25) is 0 Å². The molecule has 1 heterocycles. The summed E-state index contributed by atoms with van der Waals surface area (Å²) < 4.78 is 10.7. The van der Waals surface area contributed by atoms with Gasteiger partial charge in [-0.15, -0.1) is 0 Å². The van der Waals surface area contributed by atoms with Crippen molar-refractivity contribution in [3.63, 3.8) is 0 Å². The van der Waals surface area contributed by atoms with E-state index in [1.807, 2.05) is 44.2 Å². The zero-order chi connectivity index (χ0) is 22.8. The van der Waals surface area contributed by atoms with E-state index in [0.717, 1.165) is 11.1 Å². The summed E-state index contributed by atoms with van der Waals surface area (Å²) in [6, 6.07) is 20.0. The van der Waals surface area contributed by atoms with Gasteiger partial charge in [-0.2, -0.15) is 0 Å². The Bertz CT molecular complexity index is 1210. The van der Waals surface area contributed by atoms with Crippen LogP contribution in [0.25, 0.3) is 5.57 Å². The van der Waals surface area contributed by atoms with Crippen molar-refractivity contribution in [2.45, 2.75) is 13.8 Å². The van der Waals surface area contributed by atoms with Crippen molar-refractivity contribution in [2.24, 2.45) is 0 Å². The number of anilines is 2. The van der Waals surface area contributed by atoms with Crippen molar-refractivity contribution in [1.82, 2.24) is 0 Å². The molecule has 0 atom stereocenters. The van der Waals surface area contributed by atoms with Crippen LogP contribution in [-0.2, 0) is 9.59 Å². The Hall–Kier alpha value is -4.06. The van der Waals surface area contributed by atoms with Crippen LogP contribution in [0.15, 0.2) is 72.4 Å². The van der Waals surface area contributed by atoms with Crippen molar-refractivity contribution in [3.8, 4) is 11.5 Å². The van der Waals surface area contributed by atoms with Crippen LogP contribution < -0.4 is 19.7 Å². The lowest BCUT2D eigenvalue weighted by Gasteiger charge is -2.17. The van der Waals surface area contributed by atoms with Gasteiger partial charge < -0.3 is 14.8 Å². The number of carbonyl (C=O) groups is 2. The Kier molecular flexibility index (Phi) is 5.69. The summed E-state index contributed by atoms with van der Waals surface area (Å²) in [6.07, 6.45) is 0. The van der Waals surface area contributed by atoms with Gasteiger partial charge in [0.05, 0.1) is 25.5 Å². The fourth-order valence-corrected chi connectivity index (χ4v) is 3.88. The molecule has 0 fully saturated rings. The molecule has 1 N–H and O–H groups in total. The fraction of sp³-hybridized carbons (Fsp3) is 0.154. The molecule has 3 aromatic carbocycles. The molecule has 0 aromatic heterocycles. The maximum Gasteiger partial charge on any atom is 0.282 e. The number of amides is 2. The second-order valence-electron chi connectivity index (χ2n) is 7.60. The lowest BCUT2D eigenvalue weighted by atomic mass is 10.0. The Morgan fingerprint density at radius 3 is 2.06 bits per heavy atom. The first-order valence-electron chi connectivity index (χ1n) is 10.2. The molecule has 32 heavy (non-hydrogen) atoms. The Morgan fingerprint density at radius 2 is 1.44 bits per heavy atom. The minimum atomic E-state index is -0.420. The number of carbonyl (C=O) groups excluding carboxylic acids is 2. The van der Waals surface area contributed by atoms with Gasteiger partial charge in [-0.1, -0.05) is 24.3 Å². The average Bonchev–Trinajstić information content (AvgIpc) is 3.02. The summed E-state index contributed by atoms with van der Waals surface area (Å²) >= 11 is 0. The van der Waals surface area contributed by atoms with Crippen molar-refractivity contribution in [3.05, 3.63) is 89.1 Å². The van der Waals surface area contributed by atoms with Crippen LogP contribution in [0.3, 0.4) is 0 Å². The van der Waals surface area contributed by atoms with Crippen LogP contribution in [0, 0.1) is 13.8 Å². The molecule has 0 radical (unpaired) electrons. The molecular formula is C26H24N2O4. The SMILES string of the molecule is COc1ccc(NC2=C(c3ccccc3OC)C(=O)N(c3cc(C)cc(C)c3)C2=O)cc1. The largest absolute Gasteiger partial charge is 0.497 e. The van der Waals surface area contributed by atoms with Crippen molar-refractivity contribution < 1.29 is 19.1 Å². The Morgan fingerprint density at radius 1 is 0.781 bits per heavy atom. The molecule has 1 aliphatic heterocycles. The van der Waals surface area contributed by atoms with Gasteiger partial charge in [0.25, 0.3) is 11.8 Å². The lowest BCUT2D eigenvalue weighted by molar-refractivity contribution is -0.120. The highest BCUT2D eigenvalue weighted by Gasteiger charge is 2.41. The monoisotopic (exact) mass is 428 g/mol. The summed E-state index contributed by atoms with van der Waals surface area (Å²) in [5.41, 5.74) is 4.16. The number of methoxy groups -OCH3 is 2. The molecule has 0 aliphatic carbocycles. The number of imide groups is 1. The third-order valence-corrected chi connectivity index (χ3v) is 5.28. The van der Waals surface area contributed by atoms with Gasteiger partial charge in [-0.3, -0.25) is 9.59 Å². The summed E-state index contributed by atoms with van der Waals surface area (Å²) in [7, 11) is 3.13. The molecule has 0 saturated heterocycles. The molecule has 0 unspecified atom stereocenters. The molecule has 0 bridgehead atoms. The molecule has 2 amide bonds. The van der Waals surface area contributed by atoms with Gasteiger partial charge in [0.2, 0.25) is 0 Å². The van der Waals surface area contributed by atoms with Crippen molar-refractivity contribution >= 4 is 28.8 Å². The van der Waals surface area contributed by atoms with E-state index in [4.69, 9.17) is 9.47 Å². The highest BCUT2D eigenvalue weighted by Crippen LogP contribution is 2.37. The summed E-state index contributed by atoms with van der Waals surface area (Å²) in [4.78, 5) is 28.4. The van der Waals surface area contributed by atoms with E-state index in [9.17, 15) is 9.59 Å². The first-order chi connectivity index (χ1) is 15.4. The number of aryl methyl sites for hydroxylation is 2. The molecule has 1 aliphatic rings. The molecule has 4 rings (SSSR count). The van der Waals surface area contributed by atoms with Crippen LogP contribution in [0.1, 0.15) is 16.7 Å². The number of hydrogen-bond donors (Lipinski definition) is 1. The van der Waals surface area contributed by atoms with Crippen LogP contribution >= 0.6 is 0 Å². The zero-order valence-electron chi connectivity index (χ0n) is 18.4. The van der Waals surface area contributed by atoms with Gasteiger partial charge >= 0.3 is 0 Å². The van der Waals surface area contributed by atoms with E-state index in [1.165, 1.54) is 4.90 Å². The van der Waals surface area contributed by atoms with E-state index in [-0.39, 0.29) is 11.3 Å². The fourth-order valence-electron chi connectivity index (χ4n) is 3.88. The molecule has 6 nitrogen and oxygen atoms in total. The van der Waals surface area contributed by atoms with Gasteiger partial charge in [0, 0.05) is 11.3 Å². The second kappa shape index (κ2) is 8.59. The first-order valence-corrected chi connectivity index (χ1v) is 10.2. The number of nitrogens with one attached hydrogen (secondary N) is 1. The van der Waals surface area contributed by atoms with Crippen LogP contribution in [0.5, 0.6) is 11.5 Å². The van der Waals surface area contributed by atoms with Gasteiger partial charge in [-0.05, 0) is 67.4 Å². The average molecular weight is 428 g/mol. The normalized spacial score (nSPS) is 13.6. The second-order valence-corrected chi connectivity index (χ2v) is 7.60. The van der Waals surface area contributed by atoms with Gasteiger partial charge in [0.15, 0.2) is 0 Å². The maximum atomic E-state index is 13.6. The van der Waals surface area contributed by atoms with E-state index < -0.39 is 11.8 Å². The maximum absolute atomic E-state index is 13.6. The molecule has 6 heteroatoms. The van der Waals surface area contributed by atoms with Crippen LogP contribution in [-0.4, -0.2) is 26.0 Å². The smallest absolute Gasteiger partial charge is 0.282 e. The topological polar surface area (TPSA) is 67.9 Å². The highest BCUT2D eigenvalue weighted by molar-refractivity contribution is 6.46. The lowest BCUT2D eigenvalue weighted by Crippen LogP contribution is -2.32. The summed E-state index contributed by atoms with van der Waals surface area (Å²) in [6.45, 7) is 3.87. The molecule has 0 saturated carbocycles. The Balaban J connectivity index is 1.85. The first kappa shape index (κ1) is 21.2. The quantitative estimate of drug-likeness (QED) is 0.576. The minimum absolute atomic E-state index is 0.198. The zero-order valence-corrected chi connectivity index (χ0v) is 18.4. The number of ether oxygens (including phenoxy) is 2. The van der Waals surface area contributed by atoms with E-state index >= 15 is 0 Å². The predicted molar refractivity (Wildman–Crippen MR) is 125 cm³/mol. The standard InChI is InChI=1S/C26H24N2O4/c1-16-13-17(2)15-19(14-16)28-25(29)23(21-7-5-6-8-22(21)32-4)24(26(28)30)27-18-9-11-20(31-3)12-10-18/h5-15,27H,1-4H3. The molecule has 0 spiro atoms. The van der Waals surface area contributed by atoms with Gasteiger partial charge in [0.1, 0.15) is 17.2 Å². The highest BCUT2D eigenvalue weighted by atomic mass is 16.5. The van der Waals surface area contributed by atoms with Crippen molar-refractivity contribution in [1.29, 1.82) is 0 Å². The number of benzene rings is 3. The summed E-state index contributed by atoms with van der Waals surface area (Å²) in [5.74, 6) is 0.386. The number of para-hydroxylation sites is 1. The number of nitrogens with zero attached hydrogens (tertiary/aromatic N) is 1. The number of rotatable bonds is 6. The Labute approximate surface area is 187 Å². The van der Waals surface area contributed by atoms with Crippen LogP contribution in [0.4, 0.5) is 11.4 Å². The van der Waals surface area contributed by atoms with E-state index in [2.05, 4.69) is 5.32 Å². The molecular weight excluding hydrogens is 404 g/mol. The predicted octanol–water partition coefficient (Wildman–Crippen LogP) is 4.72. The van der Waals surface area contributed by atoms with Crippen molar-refractivity contribution in [2.75, 3.05) is 24.4 Å². The molecule has 3 aromatic rings. The summed E-state index contributed by atoms with van der Waals surface area (Å²) in [5, 5.41) is 3.16. The van der Waals surface area contributed by atoms with Gasteiger partial charge in [-0.25, -0.2) is 4.90 Å². The molecule has 162 valence electrons. The van der Waals surface area contributed by atoms with E-state index in [1.54, 1.807) is 50.6 Å². The minimum Gasteiger partial charge on any atom is -0.497 e. The number of hydrogen-bond acceptors (Lipinski definition) is 5. The third-order valence-electron chi connectivity index (χ3n) is 5.28. The van der Waals surface area contributed by atoms with E-state index in [0.29, 0.717) is 28.4 Å². The third kappa shape index (κ3) is 3.83.